The lowest BCUT2D eigenvalue weighted by Gasteiger charge is -2.28. The van der Waals surface area contributed by atoms with Crippen molar-refractivity contribution in [2.75, 3.05) is 13.7 Å². The first-order valence-electron chi connectivity index (χ1n) is 6.71. The number of methoxy groups -OCH3 is 1. The third kappa shape index (κ3) is 1.63. The Bertz CT molecular complexity index is 725. The monoisotopic (exact) mass is 286 g/mol. The fourth-order valence-corrected chi connectivity index (χ4v) is 3.01. The van der Waals surface area contributed by atoms with Crippen molar-refractivity contribution in [1.29, 1.82) is 0 Å². The Hall–Kier alpha value is -2.56. The molecule has 0 saturated heterocycles. The highest BCUT2D eigenvalue weighted by Crippen LogP contribution is 2.54. The van der Waals surface area contributed by atoms with Crippen LogP contribution in [0, 0.1) is 0 Å². The number of hydrogen-bond acceptors (Lipinski definition) is 5. The van der Waals surface area contributed by atoms with E-state index in [0.29, 0.717) is 12.4 Å². The molecule has 2 atom stereocenters. The van der Waals surface area contributed by atoms with Gasteiger partial charge in [0.15, 0.2) is 11.5 Å². The first-order chi connectivity index (χ1) is 10.2. The molecular formula is C16H14O5. The number of phenols is 2. The Labute approximate surface area is 121 Å². The number of ether oxygens (including phenoxy) is 3. The average molecular weight is 286 g/mol. The van der Waals surface area contributed by atoms with Gasteiger partial charge in [0.25, 0.3) is 0 Å². The molecule has 2 aromatic carbocycles. The summed E-state index contributed by atoms with van der Waals surface area (Å²) in [5.74, 6) is 1.46. The van der Waals surface area contributed by atoms with Gasteiger partial charge in [0.2, 0.25) is 5.75 Å². The Morgan fingerprint density at radius 1 is 1.14 bits per heavy atom. The van der Waals surface area contributed by atoms with Gasteiger partial charge in [-0.25, -0.2) is 0 Å². The standard InChI is InChI=1S/C16H14O5/c1-19-8-2-3-9-11-7-20-16-10(4-5-12(17)14(16)18)15(11)21-13(9)6-8/h2-6,11,15,17-18H,7H2,1H3. The van der Waals surface area contributed by atoms with E-state index < -0.39 is 0 Å². The van der Waals surface area contributed by atoms with E-state index in [2.05, 4.69) is 0 Å². The Kier molecular flexibility index (Phi) is 2.45. The molecule has 21 heavy (non-hydrogen) atoms. The first kappa shape index (κ1) is 12.2. The summed E-state index contributed by atoms with van der Waals surface area (Å²) in [7, 11) is 1.61. The zero-order valence-electron chi connectivity index (χ0n) is 11.4. The minimum absolute atomic E-state index is 0.0716. The van der Waals surface area contributed by atoms with Gasteiger partial charge in [-0.15, -0.1) is 0 Å². The van der Waals surface area contributed by atoms with E-state index in [9.17, 15) is 10.2 Å². The highest BCUT2D eigenvalue weighted by Gasteiger charge is 2.42. The van der Waals surface area contributed by atoms with Crippen LogP contribution in [0.4, 0.5) is 0 Å². The van der Waals surface area contributed by atoms with Crippen LogP contribution in [-0.4, -0.2) is 23.9 Å². The largest absolute Gasteiger partial charge is 0.504 e. The fraction of sp³-hybridized carbons (Fsp3) is 0.250. The molecule has 2 aliphatic rings. The normalized spacial score (nSPS) is 21.6. The van der Waals surface area contributed by atoms with Crippen LogP contribution < -0.4 is 14.2 Å². The van der Waals surface area contributed by atoms with Gasteiger partial charge in [-0.2, -0.15) is 0 Å². The molecule has 2 aromatic rings. The second kappa shape index (κ2) is 4.22. The first-order valence-corrected chi connectivity index (χ1v) is 6.71. The van der Waals surface area contributed by atoms with Gasteiger partial charge in [0.05, 0.1) is 19.6 Å². The smallest absolute Gasteiger partial charge is 0.200 e. The second-order valence-corrected chi connectivity index (χ2v) is 5.21. The minimum Gasteiger partial charge on any atom is -0.504 e. The summed E-state index contributed by atoms with van der Waals surface area (Å²) in [5, 5.41) is 19.5. The molecule has 2 N–H and O–H groups in total. The van der Waals surface area contributed by atoms with Gasteiger partial charge >= 0.3 is 0 Å². The van der Waals surface area contributed by atoms with Crippen molar-refractivity contribution in [1.82, 2.24) is 0 Å². The fourth-order valence-electron chi connectivity index (χ4n) is 3.01. The van der Waals surface area contributed by atoms with Crippen molar-refractivity contribution in [3.8, 4) is 28.7 Å². The van der Waals surface area contributed by atoms with Crippen molar-refractivity contribution >= 4 is 0 Å². The van der Waals surface area contributed by atoms with Crippen LogP contribution >= 0.6 is 0 Å². The number of fused-ring (bicyclic) bond motifs is 5. The molecule has 5 heteroatoms. The number of benzene rings is 2. The van der Waals surface area contributed by atoms with Gasteiger partial charge in [0.1, 0.15) is 17.6 Å². The maximum absolute atomic E-state index is 9.91. The van der Waals surface area contributed by atoms with E-state index in [1.165, 1.54) is 6.07 Å². The van der Waals surface area contributed by atoms with Crippen LogP contribution in [0.1, 0.15) is 23.1 Å². The van der Waals surface area contributed by atoms with Crippen LogP contribution in [0.25, 0.3) is 0 Å². The molecule has 0 aromatic heterocycles. The molecule has 2 aliphatic heterocycles. The number of phenolic OH excluding ortho intramolecular Hbond substituents is 2. The highest BCUT2D eigenvalue weighted by atomic mass is 16.5. The van der Waals surface area contributed by atoms with Gasteiger partial charge in [0, 0.05) is 17.2 Å². The molecule has 2 unspecified atom stereocenters. The highest BCUT2D eigenvalue weighted by molar-refractivity contribution is 5.58. The van der Waals surface area contributed by atoms with Crippen LogP contribution in [0.2, 0.25) is 0 Å². The topological polar surface area (TPSA) is 68.2 Å². The van der Waals surface area contributed by atoms with Crippen LogP contribution in [0.15, 0.2) is 30.3 Å². The van der Waals surface area contributed by atoms with E-state index in [1.807, 2.05) is 18.2 Å². The summed E-state index contributed by atoms with van der Waals surface area (Å²) in [4.78, 5) is 0. The average Bonchev–Trinajstić information content (AvgIpc) is 2.88. The summed E-state index contributed by atoms with van der Waals surface area (Å²) in [6.07, 6.45) is -0.220. The van der Waals surface area contributed by atoms with E-state index in [4.69, 9.17) is 14.2 Å². The molecule has 0 aliphatic carbocycles. The lowest BCUT2D eigenvalue weighted by molar-refractivity contribution is 0.135. The predicted octanol–water partition coefficient (Wildman–Crippen LogP) is 2.72. The molecule has 4 rings (SSSR count). The van der Waals surface area contributed by atoms with E-state index in [-0.39, 0.29) is 23.5 Å². The van der Waals surface area contributed by atoms with Gasteiger partial charge in [-0.1, -0.05) is 6.07 Å². The third-order valence-corrected chi connectivity index (χ3v) is 4.09. The maximum Gasteiger partial charge on any atom is 0.200 e. The summed E-state index contributed by atoms with van der Waals surface area (Å²) < 4.78 is 16.9. The molecule has 0 bridgehead atoms. The van der Waals surface area contributed by atoms with Crippen LogP contribution in [0.5, 0.6) is 28.7 Å². The van der Waals surface area contributed by atoms with Crippen molar-refractivity contribution in [3.63, 3.8) is 0 Å². The van der Waals surface area contributed by atoms with Gasteiger partial charge < -0.3 is 24.4 Å². The quantitative estimate of drug-likeness (QED) is 0.789. The zero-order chi connectivity index (χ0) is 14.6. The molecule has 108 valence electrons. The molecule has 0 fully saturated rings. The summed E-state index contributed by atoms with van der Waals surface area (Å²) in [6, 6.07) is 8.91. The van der Waals surface area contributed by atoms with Crippen molar-refractivity contribution in [2.45, 2.75) is 12.0 Å². The van der Waals surface area contributed by atoms with Crippen LogP contribution in [0.3, 0.4) is 0 Å². The van der Waals surface area contributed by atoms with Gasteiger partial charge in [-0.05, 0) is 18.2 Å². The second-order valence-electron chi connectivity index (χ2n) is 5.21. The minimum atomic E-state index is -0.233. The molecule has 0 amide bonds. The molecular weight excluding hydrogens is 272 g/mol. The third-order valence-electron chi connectivity index (χ3n) is 4.09. The van der Waals surface area contributed by atoms with E-state index in [1.54, 1.807) is 13.2 Å². The summed E-state index contributed by atoms with van der Waals surface area (Å²) in [6.45, 7) is 0.397. The van der Waals surface area contributed by atoms with Crippen molar-refractivity contribution in [2.24, 2.45) is 0 Å². The van der Waals surface area contributed by atoms with Crippen molar-refractivity contribution < 1.29 is 24.4 Å². The lowest BCUT2D eigenvalue weighted by Crippen LogP contribution is -2.23. The summed E-state index contributed by atoms with van der Waals surface area (Å²) in [5.41, 5.74) is 1.82. The summed E-state index contributed by atoms with van der Waals surface area (Å²) >= 11 is 0. The molecule has 2 heterocycles. The molecule has 0 spiro atoms. The molecule has 0 radical (unpaired) electrons. The zero-order valence-corrected chi connectivity index (χ0v) is 11.4. The molecule has 0 saturated carbocycles. The predicted molar refractivity (Wildman–Crippen MR) is 74.4 cm³/mol. The molecule has 5 nitrogen and oxygen atoms in total. The van der Waals surface area contributed by atoms with Gasteiger partial charge in [-0.3, -0.25) is 0 Å². The maximum atomic E-state index is 9.91. The Morgan fingerprint density at radius 2 is 1.95 bits per heavy atom. The van der Waals surface area contributed by atoms with Crippen LogP contribution in [-0.2, 0) is 0 Å². The van der Waals surface area contributed by atoms with Crippen molar-refractivity contribution in [3.05, 3.63) is 41.5 Å². The number of rotatable bonds is 1. The Morgan fingerprint density at radius 3 is 2.76 bits per heavy atom. The number of hydrogen-bond donors (Lipinski definition) is 2. The Balaban J connectivity index is 1.80. The van der Waals surface area contributed by atoms with E-state index in [0.717, 1.165) is 22.6 Å². The van der Waals surface area contributed by atoms with E-state index >= 15 is 0 Å². The lowest BCUT2D eigenvalue weighted by atomic mass is 9.89. The number of aromatic hydroxyl groups is 2. The SMILES string of the molecule is COc1ccc2c(c1)OC1c3ccc(O)c(O)c3OCC21.